The molecular weight excluding hydrogens is 288 g/mol. The third-order valence-corrected chi connectivity index (χ3v) is 3.93. The summed E-state index contributed by atoms with van der Waals surface area (Å²) in [7, 11) is 0. The first-order chi connectivity index (χ1) is 11.1. The lowest BCUT2D eigenvalue weighted by atomic mass is 10.0. The van der Waals surface area contributed by atoms with E-state index >= 15 is 0 Å². The van der Waals surface area contributed by atoms with E-state index in [1.54, 1.807) is 18.2 Å². The van der Waals surface area contributed by atoms with Crippen molar-refractivity contribution in [2.45, 2.75) is 20.3 Å². The first-order valence-corrected chi connectivity index (χ1v) is 7.58. The molecule has 0 unspecified atom stereocenters. The molecule has 3 aromatic rings. The van der Waals surface area contributed by atoms with Gasteiger partial charge >= 0.3 is 5.97 Å². The van der Waals surface area contributed by atoms with E-state index < -0.39 is 5.97 Å². The van der Waals surface area contributed by atoms with Crippen LogP contribution in [0, 0.1) is 6.92 Å². The van der Waals surface area contributed by atoms with Gasteiger partial charge in [-0.25, -0.2) is 9.48 Å². The molecule has 0 aliphatic heterocycles. The summed E-state index contributed by atoms with van der Waals surface area (Å²) in [5.74, 6) is -0.924. The van der Waals surface area contributed by atoms with Crippen LogP contribution in [0.15, 0.2) is 54.7 Å². The molecule has 23 heavy (non-hydrogen) atoms. The van der Waals surface area contributed by atoms with Gasteiger partial charge in [0.05, 0.1) is 16.9 Å². The minimum absolute atomic E-state index is 0.280. The van der Waals surface area contributed by atoms with E-state index in [0.29, 0.717) is 0 Å². The van der Waals surface area contributed by atoms with Crippen molar-refractivity contribution in [3.63, 3.8) is 0 Å². The zero-order valence-corrected chi connectivity index (χ0v) is 13.2. The average Bonchev–Trinajstić information content (AvgIpc) is 2.97. The van der Waals surface area contributed by atoms with Crippen LogP contribution in [-0.2, 0) is 6.42 Å². The number of aromatic nitrogens is 2. The summed E-state index contributed by atoms with van der Waals surface area (Å²) in [5.41, 5.74) is 5.22. The Hall–Kier alpha value is -2.88. The van der Waals surface area contributed by atoms with Gasteiger partial charge in [-0.15, -0.1) is 0 Å². The van der Waals surface area contributed by atoms with Crippen LogP contribution in [0.3, 0.4) is 0 Å². The third kappa shape index (κ3) is 3.01. The highest BCUT2D eigenvalue weighted by Crippen LogP contribution is 2.25. The van der Waals surface area contributed by atoms with Crippen molar-refractivity contribution in [3.05, 3.63) is 71.5 Å². The van der Waals surface area contributed by atoms with Crippen LogP contribution < -0.4 is 0 Å². The molecule has 0 amide bonds. The number of aryl methyl sites for hydroxylation is 2. The Morgan fingerprint density at radius 2 is 1.91 bits per heavy atom. The maximum atomic E-state index is 11.1. The fraction of sp³-hybridized carbons (Fsp3) is 0.158. The van der Waals surface area contributed by atoms with E-state index in [1.165, 1.54) is 5.56 Å². The highest BCUT2D eigenvalue weighted by Gasteiger charge is 2.11. The van der Waals surface area contributed by atoms with Crippen molar-refractivity contribution in [2.75, 3.05) is 0 Å². The molecule has 1 aromatic heterocycles. The van der Waals surface area contributed by atoms with E-state index in [2.05, 4.69) is 24.2 Å². The van der Waals surface area contributed by atoms with Crippen LogP contribution in [0.1, 0.15) is 28.5 Å². The molecular formula is C19H18N2O2. The molecule has 1 N–H and O–H groups in total. The van der Waals surface area contributed by atoms with Crippen molar-refractivity contribution < 1.29 is 9.90 Å². The Balaban J connectivity index is 2.00. The van der Waals surface area contributed by atoms with Gasteiger partial charge in [0.1, 0.15) is 0 Å². The maximum absolute atomic E-state index is 11.1. The van der Waals surface area contributed by atoms with Crippen LogP contribution in [0.2, 0.25) is 0 Å². The lowest BCUT2D eigenvalue weighted by Crippen LogP contribution is -1.95. The van der Waals surface area contributed by atoms with Crippen molar-refractivity contribution in [1.82, 2.24) is 9.78 Å². The van der Waals surface area contributed by atoms with Crippen molar-refractivity contribution in [3.8, 4) is 16.8 Å². The summed E-state index contributed by atoms with van der Waals surface area (Å²) in [4.78, 5) is 11.1. The smallest absolute Gasteiger partial charge is 0.335 e. The van der Waals surface area contributed by atoms with Gasteiger partial charge in [-0.3, -0.25) is 0 Å². The highest BCUT2D eigenvalue weighted by molar-refractivity contribution is 5.89. The number of carbonyl (C=O) groups is 1. The van der Waals surface area contributed by atoms with Crippen LogP contribution in [-0.4, -0.2) is 20.9 Å². The molecule has 116 valence electrons. The molecule has 4 heteroatoms. The Morgan fingerprint density at radius 3 is 2.57 bits per heavy atom. The molecule has 0 spiro atoms. The Kier molecular flexibility index (Phi) is 3.98. The van der Waals surface area contributed by atoms with Gasteiger partial charge in [-0.05, 0) is 48.7 Å². The zero-order valence-electron chi connectivity index (χ0n) is 13.2. The highest BCUT2D eigenvalue weighted by atomic mass is 16.4. The number of hydrogen-bond acceptors (Lipinski definition) is 2. The molecule has 0 saturated heterocycles. The molecule has 0 atom stereocenters. The fourth-order valence-electron chi connectivity index (χ4n) is 2.58. The fourth-order valence-corrected chi connectivity index (χ4v) is 2.58. The Morgan fingerprint density at radius 1 is 1.17 bits per heavy atom. The monoisotopic (exact) mass is 306 g/mol. The van der Waals surface area contributed by atoms with E-state index in [4.69, 9.17) is 5.11 Å². The minimum atomic E-state index is -0.924. The van der Waals surface area contributed by atoms with Gasteiger partial charge < -0.3 is 5.11 Å². The topological polar surface area (TPSA) is 55.1 Å². The third-order valence-electron chi connectivity index (χ3n) is 3.93. The summed E-state index contributed by atoms with van der Waals surface area (Å²) >= 11 is 0. The van der Waals surface area contributed by atoms with Gasteiger partial charge in [0, 0.05) is 11.8 Å². The second-order valence-corrected chi connectivity index (χ2v) is 5.48. The molecule has 0 radical (unpaired) electrons. The number of benzene rings is 2. The minimum Gasteiger partial charge on any atom is -0.478 e. The molecule has 3 rings (SSSR count). The van der Waals surface area contributed by atoms with Gasteiger partial charge in [0.25, 0.3) is 0 Å². The summed E-state index contributed by atoms with van der Waals surface area (Å²) < 4.78 is 1.83. The van der Waals surface area contributed by atoms with Crippen molar-refractivity contribution in [2.24, 2.45) is 0 Å². The second-order valence-electron chi connectivity index (χ2n) is 5.48. The molecule has 0 aliphatic rings. The number of hydrogen-bond donors (Lipinski definition) is 1. The van der Waals surface area contributed by atoms with E-state index in [0.717, 1.165) is 28.9 Å². The summed E-state index contributed by atoms with van der Waals surface area (Å²) in [6.45, 7) is 4.06. The van der Waals surface area contributed by atoms with E-state index in [1.807, 2.05) is 36.0 Å². The molecule has 4 nitrogen and oxygen atoms in total. The lowest BCUT2D eigenvalue weighted by molar-refractivity contribution is 0.0697. The SMILES string of the molecule is CCc1ccc(-n2cc(-c3cccc(C(=O)O)c3)c(C)n2)cc1. The number of aromatic carboxylic acids is 1. The number of carboxylic acids is 1. The van der Waals surface area contributed by atoms with Crippen LogP contribution >= 0.6 is 0 Å². The van der Waals surface area contributed by atoms with Gasteiger partial charge in [-0.2, -0.15) is 5.10 Å². The predicted molar refractivity (Wildman–Crippen MR) is 90.1 cm³/mol. The maximum Gasteiger partial charge on any atom is 0.335 e. The summed E-state index contributed by atoms with van der Waals surface area (Å²) in [6.07, 6.45) is 2.95. The molecule has 0 saturated carbocycles. The number of nitrogens with zero attached hydrogens (tertiary/aromatic N) is 2. The molecule has 1 heterocycles. The predicted octanol–water partition coefficient (Wildman–Crippen LogP) is 4.11. The van der Waals surface area contributed by atoms with Crippen LogP contribution in [0.4, 0.5) is 0 Å². The molecule has 0 aliphatic carbocycles. The Bertz CT molecular complexity index is 848. The van der Waals surface area contributed by atoms with Crippen molar-refractivity contribution in [1.29, 1.82) is 0 Å². The molecule has 2 aromatic carbocycles. The first kappa shape index (κ1) is 15.0. The van der Waals surface area contributed by atoms with Crippen molar-refractivity contribution >= 4 is 5.97 Å². The summed E-state index contributed by atoms with van der Waals surface area (Å²) in [5, 5.41) is 13.7. The van der Waals surface area contributed by atoms with E-state index in [-0.39, 0.29) is 5.56 Å². The van der Waals surface area contributed by atoms with Gasteiger partial charge in [0.15, 0.2) is 0 Å². The standard InChI is InChI=1S/C19H18N2O2/c1-3-14-7-9-17(10-8-14)21-12-18(13(2)20-21)15-5-4-6-16(11-15)19(22)23/h4-12H,3H2,1-2H3,(H,22,23). The zero-order chi connectivity index (χ0) is 16.4. The first-order valence-electron chi connectivity index (χ1n) is 7.58. The number of rotatable bonds is 4. The largest absolute Gasteiger partial charge is 0.478 e. The van der Waals surface area contributed by atoms with Crippen LogP contribution in [0.25, 0.3) is 16.8 Å². The van der Waals surface area contributed by atoms with E-state index in [9.17, 15) is 4.79 Å². The van der Waals surface area contributed by atoms with Crippen LogP contribution in [0.5, 0.6) is 0 Å². The summed E-state index contributed by atoms with van der Waals surface area (Å²) in [6, 6.07) is 15.2. The van der Waals surface area contributed by atoms with Gasteiger partial charge in [-0.1, -0.05) is 31.2 Å². The Labute approximate surface area is 135 Å². The van der Waals surface area contributed by atoms with Gasteiger partial charge in [0.2, 0.25) is 0 Å². The second kappa shape index (κ2) is 6.08. The normalized spacial score (nSPS) is 10.7. The molecule has 0 bridgehead atoms. The molecule has 0 fully saturated rings. The lowest BCUT2D eigenvalue weighted by Gasteiger charge is -2.02. The quantitative estimate of drug-likeness (QED) is 0.789. The average molecular weight is 306 g/mol. The number of carboxylic acid groups (broad SMARTS) is 1.